The molecule has 0 saturated carbocycles. The van der Waals surface area contributed by atoms with Gasteiger partial charge in [-0.25, -0.2) is 4.39 Å². The smallest absolute Gasteiger partial charge is 0.237 e. The summed E-state index contributed by atoms with van der Waals surface area (Å²) in [6.45, 7) is 3.56. The van der Waals surface area contributed by atoms with Gasteiger partial charge in [0.25, 0.3) is 0 Å². The van der Waals surface area contributed by atoms with Crippen LogP contribution in [0, 0.1) is 5.82 Å². The van der Waals surface area contributed by atoms with Crippen LogP contribution in [0.15, 0.2) is 24.3 Å². The predicted molar refractivity (Wildman–Crippen MR) is 88.5 cm³/mol. The maximum Gasteiger partial charge on any atom is 0.237 e. The summed E-state index contributed by atoms with van der Waals surface area (Å²) in [5.41, 5.74) is 1.06. The van der Waals surface area contributed by atoms with Crippen molar-refractivity contribution >= 4 is 5.91 Å². The van der Waals surface area contributed by atoms with E-state index in [1.807, 2.05) is 12.1 Å². The van der Waals surface area contributed by atoms with Crippen LogP contribution in [-0.4, -0.2) is 42.5 Å². The summed E-state index contributed by atoms with van der Waals surface area (Å²) in [6, 6.07) is 6.79. The van der Waals surface area contributed by atoms with Crippen LogP contribution in [0.4, 0.5) is 4.39 Å². The average molecular weight is 319 g/mol. The predicted octanol–water partition coefficient (Wildman–Crippen LogP) is 2.05. The molecule has 0 spiro atoms. The SMILES string of the molecule is O=C(N[C@H]1CCCNC1)C1CCCCN1Cc1ccc(F)cc1. The van der Waals surface area contributed by atoms with Gasteiger partial charge in [0.05, 0.1) is 6.04 Å². The molecule has 23 heavy (non-hydrogen) atoms. The second kappa shape index (κ2) is 7.88. The Balaban J connectivity index is 1.60. The highest BCUT2D eigenvalue weighted by Gasteiger charge is 2.30. The van der Waals surface area contributed by atoms with Crippen LogP contribution in [0.3, 0.4) is 0 Å². The molecule has 2 heterocycles. The Morgan fingerprint density at radius 1 is 1.22 bits per heavy atom. The molecule has 4 nitrogen and oxygen atoms in total. The van der Waals surface area contributed by atoms with Crippen LogP contribution in [0.2, 0.25) is 0 Å². The first-order chi connectivity index (χ1) is 11.2. The summed E-state index contributed by atoms with van der Waals surface area (Å²) in [5, 5.41) is 6.55. The molecule has 2 N–H and O–H groups in total. The first kappa shape index (κ1) is 16.4. The number of hydrogen-bond acceptors (Lipinski definition) is 3. The van der Waals surface area contributed by atoms with Gasteiger partial charge in [-0.15, -0.1) is 0 Å². The number of carbonyl (C=O) groups excluding carboxylic acids is 1. The Hall–Kier alpha value is -1.46. The number of benzene rings is 1. The van der Waals surface area contributed by atoms with Crippen molar-refractivity contribution in [1.82, 2.24) is 15.5 Å². The zero-order valence-electron chi connectivity index (χ0n) is 13.6. The molecule has 3 rings (SSSR count). The number of halogens is 1. The van der Waals surface area contributed by atoms with E-state index in [9.17, 15) is 9.18 Å². The van der Waals surface area contributed by atoms with Gasteiger partial charge >= 0.3 is 0 Å². The first-order valence-electron chi connectivity index (χ1n) is 8.72. The van der Waals surface area contributed by atoms with Gasteiger partial charge in [-0.1, -0.05) is 18.6 Å². The summed E-state index contributed by atoms with van der Waals surface area (Å²) in [6.07, 6.45) is 5.31. The fourth-order valence-electron chi connectivity index (χ4n) is 3.57. The highest BCUT2D eigenvalue weighted by molar-refractivity contribution is 5.82. The third kappa shape index (κ3) is 4.52. The third-order valence-corrected chi connectivity index (χ3v) is 4.86. The second-order valence-electron chi connectivity index (χ2n) is 6.66. The number of piperidine rings is 2. The van der Waals surface area contributed by atoms with Crippen LogP contribution in [0.25, 0.3) is 0 Å². The first-order valence-corrected chi connectivity index (χ1v) is 8.72. The lowest BCUT2D eigenvalue weighted by Crippen LogP contribution is -2.54. The van der Waals surface area contributed by atoms with Crippen LogP contribution >= 0.6 is 0 Å². The van der Waals surface area contributed by atoms with E-state index in [4.69, 9.17) is 0 Å². The molecule has 1 aromatic rings. The van der Waals surface area contributed by atoms with Gasteiger partial charge in [0.15, 0.2) is 0 Å². The molecule has 1 unspecified atom stereocenters. The average Bonchev–Trinajstić information content (AvgIpc) is 2.58. The molecular weight excluding hydrogens is 293 g/mol. The van der Waals surface area contributed by atoms with E-state index in [0.717, 1.165) is 57.3 Å². The molecule has 2 atom stereocenters. The Labute approximate surface area is 137 Å². The van der Waals surface area contributed by atoms with Gasteiger partial charge < -0.3 is 10.6 Å². The van der Waals surface area contributed by atoms with Gasteiger partial charge in [0.1, 0.15) is 5.82 Å². The molecule has 1 amide bonds. The lowest BCUT2D eigenvalue weighted by atomic mass is 9.99. The molecule has 0 aliphatic carbocycles. The minimum absolute atomic E-state index is 0.0595. The number of hydrogen-bond donors (Lipinski definition) is 2. The highest BCUT2D eigenvalue weighted by Crippen LogP contribution is 2.20. The Morgan fingerprint density at radius 2 is 2.04 bits per heavy atom. The van der Waals surface area contributed by atoms with Crippen LogP contribution in [0.1, 0.15) is 37.7 Å². The molecule has 2 saturated heterocycles. The van der Waals surface area contributed by atoms with Crippen molar-refractivity contribution in [2.24, 2.45) is 0 Å². The van der Waals surface area contributed by atoms with Crippen molar-refractivity contribution < 1.29 is 9.18 Å². The minimum Gasteiger partial charge on any atom is -0.351 e. The van der Waals surface area contributed by atoms with E-state index in [2.05, 4.69) is 15.5 Å². The van der Waals surface area contributed by atoms with Crippen molar-refractivity contribution in [1.29, 1.82) is 0 Å². The van der Waals surface area contributed by atoms with Crippen molar-refractivity contribution in [2.75, 3.05) is 19.6 Å². The second-order valence-corrected chi connectivity index (χ2v) is 6.66. The Kier molecular flexibility index (Phi) is 5.62. The summed E-state index contributed by atoms with van der Waals surface area (Å²) in [7, 11) is 0. The van der Waals surface area contributed by atoms with Gasteiger partial charge in [0, 0.05) is 19.1 Å². The molecular formula is C18H26FN3O. The number of nitrogens with one attached hydrogen (secondary N) is 2. The molecule has 2 aliphatic heterocycles. The van der Waals surface area contributed by atoms with Crippen molar-refractivity contribution in [3.05, 3.63) is 35.6 Å². The van der Waals surface area contributed by atoms with E-state index in [0.29, 0.717) is 6.54 Å². The summed E-state index contributed by atoms with van der Waals surface area (Å²) in [5.74, 6) is -0.0630. The Bertz CT molecular complexity index is 514. The molecule has 0 radical (unpaired) electrons. The van der Waals surface area contributed by atoms with E-state index in [-0.39, 0.29) is 23.8 Å². The summed E-state index contributed by atoms with van der Waals surface area (Å²) < 4.78 is 13.0. The maximum absolute atomic E-state index is 13.0. The van der Waals surface area contributed by atoms with Crippen molar-refractivity contribution in [3.63, 3.8) is 0 Å². The third-order valence-electron chi connectivity index (χ3n) is 4.86. The van der Waals surface area contributed by atoms with Gasteiger partial charge in [-0.3, -0.25) is 9.69 Å². The van der Waals surface area contributed by atoms with Gasteiger partial charge in [-0.05, 0) is 56.5 Å². The largest absolute Gasteiger partial charge is 0.351 e. The van der Waals surface area contributed by atoms with Crippen LogP contribution in [0.5, 0.6) is 0 Å². The monoisotopic (exact) mass is 319 g/mol. The van der Waals surface area contributed by atoms with Crippen molar-refractivity contribution in [3.8, 4) is 0 Å². The molecule has 2 aliphatic rings. The minimum atomic E-state index is -0.216. The highest BCUT2D eigenvalue weighted by atomic mass is 19.1. The maximum atomic E-state index is 13.0. The zero-order valence-corrected chi connectivity index (χ0v) is 13.6. The standard InChI is InChI=1S/C18H26FN3O/c19-15-8-6-14(7-9-15)13-22-11-2-1-5-17(22)18(23)21-16-4-3-10-20-12-16/h6-9,16-17,20H,1-5,10-13H2,(H,21,23)/t16-,17?/m0/s1. The lowest BCUT2D eigenvalue weighted by molar-refractivity contribution is -0.128. The van der Waals surface area contributed by atoms with Crippen LogP contribution in [-0.2, 0) is 11.3 Å². The van der Waals surface area contributed by atoms with Crippen molar-refractivity contribution in [2.45, 2.75) is 50.7 Å². The van der Waals surface area contributed by atoms with Gasteiger partial charge in [-0.2, -0.15) is 0 Å². The van der Waals surface area contributed by atoms with E-state index < -0.39 is 0 Å². The number of likely N-dealkylation sites (tertiary alicyclic amines) is 1. The number of rotatable bonds is 4. The summed E-state index contributed by atoms with van der Waals surface area (Å²) >= 11 is 0. The Morgan fingerprint density at radius 3 is 2.78 bits per heavy atom. The number of amides is 1. The molecule has 126 valence electrons. The molecule has 5 heteroatoms. The molecule has 2 fully saturated rings. The van der Waals surface area contributed by atoms with E-state index in [1.54, 1.807) is 0 Å². The fourth-order valence-corrected chi connectivity index (χ4v) is 3.57. The van der Waals surface area contributed by atoms with Crippen LogP contribution < -0.4 is 10.6 Å². The molecule has 1 aromatic carbocycles. The number of carbonyl (C=O) groups is 1. The van der Waals surface area contributed by atoms with Gasteiger partial charge in [0.2, 0.25) is 5.91 Å². The normalized spacial score (nSPS) is 26.0. The quantitative estimate of drug-likeness (QED) is 0.893. The molecule has 0 bridgehead atoms. The lowest BCUT2D eigenvalue weighted by Gasteiger charge is -2.36. The summed E-state index contributed by atoms with van der Waals surface area (Å²) in [4.78, 5) is 14.9. The van der Waals surface area contributed by atoms with E-state index >= 15 is 0 Å². The van der Waals surface area contributed by atoms with E-state index in [1.165, 1.54) is 12.1 Å². The number of nitrogens with zero attached hydrogens (tertiary/aromatic N) is 1. The molecule has 0 aromatic heterocycles. The topological polar surface area (TPSA) is 44.4 Å². The zero-order chi connectivity index (χ0) is 16.1. The fraction of sp³-hybridized carbons (Fsp3) is 0.611.